The van der Waals surface area contributed by atoms with E-state index in [0.717, 1.165) is 77.0 Å². The molecule has 432 valence electrons. The van der Waals surface area contributed by atoms with Gasteiger partial charge < -0.3 is 64.2 Å². The number of esters is 1. The molecule has 0 bridgehead atoms. The van der Waals surface area contributed by atoms with Crippen molar-refractivity contribution in [2.24, 2.45) is 0 Å². The summed E-state index contributed by atoms with van der Waals surface area (Å²) in [5.74, 6) is -0.386. The van der Waals surface area contributed by atoms with Gasteiger partial charge in [-0.3, -0.25) is 4.79 Å². The quantitative estimate of drug-likeness (QED) is 0.0172. The minimum absolute atomic E-state index is 0.0543. The van der Waals surface area contributed by atoms with Crippen LogP contribution in [0.15, 0.2) is 48.6 Å². The van der Waals surface area contributed by atoms with Crippen molar-refractivity contribution < 1.29 is 69.0 Å². The normalized spacial score (nSPS) is 25.1. The van der Waals surface area contributed by atoms with Crippen molar-refractivity contribution in [3.63, 3.8) is 0 Å². The Bertz CT molecular complexity index is 1410. The minimum atomic E-state index is -1.71. The lowest BCUT2D eigenvalue weighted by Crippen LogP contribution is -2.61. The first-order chi connectivity index (χ1) is 36.1. The third-order valence-corrected chi connectivity index (χ3v) is 14.1. The standard InChI is InChI=1S/C60H108O14/c1-3-5-7-9-11-13-15-17-19-21-22-23-24-25-26-27-28-30-32-34-36-38-40-42-44-69-46-49(72-52(62)43-41-39-37-35-33-31-29-20-18-16-14-12-10-8-6-4-2)47-70-59-58(68)56(66)54(64)51(74-59)48-71-60-57(67)55(65)53(63)50(45-61)73-60/h15,17,20-22,24-25,29,49-51,53-61,63-68H,3-14,16,18-19,23,26-28,30-48H2,1-2H3/b17-15-,22-21-,25-24-,29-20-. The summed E-state index contributed by atoms with van der Waals surface area (Å²) in [6.45, 7) is 3.67. The maximum atomic E-state index is 13.1. The van der Waals surface area contributed by atoms with Gasteiger partial charge in [-0.15, -0.1) is 0 Å². The van der Waals surface area contributed by atoms with Crippen LogP contribution in [0.25, 0.3) is 0 Å². The van der Waals surface area contributed by atoms with Crippen molar-refractivity contribution in [1.29, 1.82) is 0 Å². The predicted molar refractivity (Wildman–Crippen MR) is 293 cm³/mol. The molecule has 2 rings (SSSR count). The number of allylic oxidation sites excluding steroid dienone is 8. The number of carbonyl (C=O) groups excluding carboxylic acids is 1. The topological polar surface area (TPSA) is 214 Å². The number of aliphatic hydroxyl groups excluding tert-OH is 7. The molecule has 74 heavy (non-hydrogen) atoms. The van der Waals surface area contributed by atoms with Gasteiger partial charge in [-0.1, -0.05) is 191 Å². The van der Waals surface area contributed by atoms with Gasteiger partial charge in [-0.05, 0) is 77.0 Å². The van der Waals surface area contributed by atoms with Gasteiger partial charge in [-0.25, -0.2) is 0 Å². The molecule has 2 aliphatic rings. The summed E-state index contributed by atoms with van der Waals surface area (Å²) in [4.78, 5) is 13.1. The summed E-state index contributed by atoms with van der Waals surface area (Å²) in [6, 6.07) is 0. The molecule has 0 amide bonds. The molecule has 0 aromatic carbocycles. The van der Waals surface area contributed by atoms with Gasteiger partial charge in [0.05, 0.1) is 26.4 Å². The van der Waals surface area contributed by atoms with Gasteiger partial charge in [0.25, 0.3) is 0 Å². The lowest BCUT2D eigenvalue weighted by molar-refractivity contribution is -0.332. The number of hydrogen-bond donors (Lipinski definition) is 7. The molecule has 14 nitrogen and oxygen atoms in total. The first-order valence-electron chi connectivity index (χ1n) is 29.7. The van der Waals surface area contributed by atoms with Gasteiger partial charge in [0.2, 0.25) is 0 Å². The highest BCUT2D eigenvalue weighted by Gasteiger charge is 2.47. The van der Waals surface area contributed by atoms with Gasteiger partial charge in [-0.2, -0.15) is 0 Å². The molecular weight excluding hydrogens is 945 g/mol. The maximum Gasteiger partial charge on any atom is 0.306 e. The molecule has 11 atom stereocenters. The smallest absolute Gasteiger partial charge is 0.306 e. The molecule has 2 aliphatic heterocycles. The van der Waals surface area contributed by atoms with Gasteiger partial charge in [0.15, 0.2) is 12.6 Å². The van der Waals surface area contributed by atoms with Crippen LogP contribution < -0.4 is 0 Å². The lowest BCUT2D eigenvalue weighted by atomic mass is 9.98. The van der Waals surface area contributed by atoms with Crippen molar-refractivity contribution in [1.82, 2.24) is 0 Å². The highest BCUT2D eigenvalue weighted by atomic mass is 16.7. The molecule has 14 heteroatoms. The molecule has 0 saturated carbocycles. The SMILES string of the molecule is CCCCCCC/C=C\C/C=C\C/C=C\CCCCCCCCCCCOCC(COC1OC(COC2OC(CO)C(O)C(O)C2O)C(O)C(O)C1O)OC(=O)CCCCCCC/C=C\CCCCCCCCC. The van der Waals surface area contributed by atoms with E-state index in [-0.39, 0.29) is 25.6 Å². The van der Waals surface area contributed by atoms with Crippen LogP contribution in [0.4, 0.5) is 0 Å². The average molecular weight is 1050 g/mol. The van der Waals surface area contributed by atoms with E-state index in [1.54, 1.807) is 0 Å². The van der Waals surface area contributed by atoms with Gasteiger partial charge >= 0.3 is 5.97 Å². The van der Waals surface area contributed by atoms with Crippen LogP contribution in [-0.2, 0) is 33.2 Å². The molecule has 2 heterocycles. The maximum absolute atomic E-state index is 13.1. The summed E-state index contributed by atoms with van der Waals surface area (Å²) in [5, 5.41) is 72.3. The van der Waals surface area contributed by atoms with E-state index in [0.29, 0.717) is 13.0 Å². The third kappa shape index (κ3) is 33.3. The Morgan fingerprint density at radius 1 is 0.446 bits per heavy atom. The Morgan fingerprint density at radius 2 is 0.838 bits per heavy atom. The van der Waals surface area contributed by atoms with E-state index in [9.17, 15) is 40.5 Å². The molecular formula is C60H108O14. The molecule has 7 N–H and O–H groups in total. The average Bonchev–Trinajstić information content (AvgIpc) is 3.40. The van der Waals surface area contributed by atoms with Crippen LogP contribution in [0.3, 0.4) is 0 Å². The number of carbonyl (C=O) groups is 1. The summed E-state index contributed by atoms with van der Waals surface area (Å²) in [6.07, 6.45) is 40.3. The largest absolute Gasteiger partial charge is 0.457 e. The molecule has 2 saturated heterocycles. The van der Waals surface area contributed by atoms with E-state index in [4.69, 9.17) is 28.4 Å². The van der Waals surface area contributed by atoms with Gasteiger partial charge in [0, 0.05) is 13.0 Å². The van der Waals surface area contributed by atoms with Crippen molar-refractivity contribution >= 4 is 5.97 Å². The zero-order chi connectivity index (χ0) is 53.7. The van der Waals surface area contributed by atoms with Crippen LogP contribution in [0, 0.1) is 0 Å². The van der Waals surface area contributed by atoms with Crippen LogP contribution in [-0.4, -0.2) is 142 Å². The van der Waals surface area contributed by atoms with Crippen molar-refractivity contribution in [2.75, 3.05) is 33.0 Å². The Hall–Kier alpha value is -2.05. The summed E-state index contributed by atoms with van der Waals surface area (Å²) >= 11 is 0. The Labute approximate surface area is 448 Å². The summed E-state index contributed by atoms with van der Waals surface area (Å²) in [5.41, 5.74) is 0. The Balaban J connectivity index is 1.70. The minimum Gasteiger partial charge on any atom is -0.457 e. The van der Waals surface area contributed by atoms with E-state index >= 15 is 0 Å². The number of aliphatic hydroxyl groups is 7. The number of unbranched alkanes of at least 4 members (excludes halogenated alkanes) is 26. The fourth-order valence-electron chi connectivity index (χ4n) is 9.23. The van der Waals surface area contributed by atoms with Crippen LogP contribution in [0.2, 0.25) is 0 Å². The van der Waals surface area contributed by atoms with Crippen LogP contribution in [0.1, 0.15) is 226 Å². The zero-order valence-corrected chi connectivity index (χ0v) is 46.3. The zero-order valence-electron chi connectivity index (χ0n) is 46.3. The van der Waals surface area contributed by atoms with Gasteiger partial charge in [0.1, 0.15) is 54.9 Å². The van der Waals surface area contributed by atoms with E-state index in [1.165, 1.54) is 122 Å². The molecule has 0 aromatic heterocycles. The summed E-state index contributed by atoms with van der Waals surface area (Å²) in [7, 11) is 0. The molecule has 2 fully saturated rings. The first-order valence-corrected chi connectivity index (χ1v) is 29.7. The molecule has 0 aliphatic carbocycles. The van der Waals surface area contributed by atoms with Crippen molar-refractivity contribution in [2.45, 2.75) is 293 Å². The first kappa shape index (κ1) is 68.1. The lowest BCUT2D eigenvalue weighted by Gasteiger charge is -2.42. The predicted octanol–water partition coefficient (Wildman–Crippen LogP) is 10.7. The second-order valence-corrected chi connectivity index (χ2v) is 20.8. The highest BCUT2D eigenvalue weighted by Crippen LogP contribution is 2.27. The number of hydrogen-bond acceptors (Lipinski definition) is 14. The summed E-state index contributed by atoms with van der Waals surface area (Å²) < 4.78 is 34.4. The fourth-order valence-corrected chi connectivity index (χ4v) is 9.23. The van der Waals surface area contributed by atoms with E-state index < -0.39 is 80.7 Å². The van der Waals surface area contributed by atoms with E-state index in [1.807, 2.05) is 0 Å². The molecule has 11 unspecified atom stereocenters. The monoisotopic (exact) mass is 1050 g/mol. The Kier molecular flexibility index (Phi) is 43.2. The van der Waals surface area contributed by atoms with Crippen LogP contribution >= 0.6 is 0 Å². The molecule has 0 spiro atoms. The Morgan fingerprint density at radius 3 is 1.32 bits per heavy atom. The van der Waals surface area contributed by atoms with Crippen LogP contribution in [0.5, 0.6) is 0 Å². The molecule has 0 radical (unpaired) electrons. The number of ether oxygens (including phenoxy) is 6. The second kappa shape index (κ2) is 47.0. The second-order valence-electron chi connectivity index (χ2n) is 20.8. The third-order valence-electron chi connectivity index (χ3n) is 14.1. The van der Waals surface area contributed by atoms with E-state index in [2.05, 4.69) is 62.5 Å². The van der Waals surface area contributed by atoms with Crippen molar-refractivity contribution in [3.05, 3.63) is 48.6 Å². The number of rotatable bonds is 48. The highest BCUT2D eigenvalue weighted by molar-refractivity contribution is 5.69. The van der Waals surface area contributed by atoms with Crippen molar-refractivity contribution in [3.8, 4) is 0 Å². The molecule has 0 aromatic rings. The fraction of sp³-hybridized carbons (Fsp3) is 0.850.